The lowest BCUT2D eigenvalue weighted by molar-refractivity contribution is -0.0161. The van der Waals surface area contributed by atoms with Crippen LogP contribution in [0.4, 0.5) is 0 Å². The van der Waals surface area contributed by atoms with Crippen molar-refractivity contribution in [3.05, 3.63) is 0 Å². The molecule has 2 N–H and O–H groups in total. The molecule has 0 saturated carbocycles. The van der Waals surface area contributed by atoms with Gasteiger partial charge in [-0.25, -0.2) is 0 Å². The number of guanidine groups is 1. The van der Waals surface area contributed by atoms with E-state index < -0.39 is 0 Å². The molecule has 2 heterocycles. The van der Waals surface area contributed by atoms with Gasteiger partial charge in [0.15, 0.2) is 5.96 Å². The summed E-state index contributed by atoms with van der Waals surface area (Å²) >= 11 is 0. The lowest BCUT2D eigenvalue weighted by Gasteiger charge is -2.35. The van der Waals surface area contributed by atoms with Gasteiger partial charge in [0.05, 0.1) is 12.7 Å². The van der Waals surface area contributed by atoms with Crippen molar-refractivity contribution in [2.45, 2.75) is 44.8 Å². The van der Waals surface area contributed by atoms with E-state index in [-0.39, 0.29) is 30.1 Å². The van der Waals surface area contributed by atoms with Gasteiger partial charge in [0.2, 0.25) is 0 Å². The number of nitrogens with one attached hydrogen (secondary N) is 2. The number of nitrogens with zero attached hydrogens (tertiary/aromatic N) is 3. The molecular formula is C17H36IN5O. The first-order chi connectivity index (χ1) is 11.2. The van der Waals surface area contributed by atoms with Crippen LogP contribution in [0.3, 0.4) is 0 Å². The second-order valence-electron chi connectivity index (χ2n) is 6.73. The van der Waals surface area contributed by atoms with Gasteiger partial charge in [0.25, 0.3) is 0 Å². The van der Waals surface area contributed by atoms with Gasteiger partial charge >= 0.3 is 0 Å². The molecule has 2 atom stereocenters. The summed E-state index contributed by atoms with van der Waals surface area (Å²) in [6.45, 7) is 9.23. The minimum Gasteiger partial charge on any atom is -0.374 e. The Morgan fingerprint density at radius 3 is 2.79 bits per heavy atom. The highest BCUT2D eigenvalue weighted by Crippen LogP contribution is 2.18. The van der Waals surface area contributed by atoms with Crippen molar-refractivity contribution < 1.29 is 4.74 Å². The summed E-state index contributed by atoms with van der Waals surface area (Å²) in [7, 11) is 3.98. The van der Waals surface area contributed by atoms with Crippen molar-refractivity contribution in [3.63, 3.8) is 0 Å². The van der Waals surface area contributed by atoms with E-state index in [1.54, 1.807) is 0 Å². The summed E-state index contributed by atoms with van der Waals surface area (Å²) in [6, 6.07) is 0.770. The van der Waals surface area contributed by atoms with Gasteiger partial charge in [0.1, 0.15) is 0 Å². The zero-order valence-electron chi connectivity index (χ0n) is 15.6. The van der Waals surface area contributed by atoms with Crippen molar-refractivity contribution in [1.29, 1.82) is 0 Å². The van der Waals surface area contributed by atoms with Gasteiger partial charge in [-0.1, -0.05) is 13.3 Å². The SMILES string of the molecule is CCC1CCCCN1CCNC(=NC)NCC1CN(C)CCO1.I. The molecule has 0 radical (unpaired) electrons. The van der Waals surface area contributed by atoms with Gasteiger partial charge in [-0.05, 0) is 32.9 Å². The lowest BCUT2D eigenvalue weighted by atomic mass is 10.0. The molecule has 2 unspecified atom stereocenters. The van der Waals surface area contributed by atoms with Crippen LogP contribution in [0.15, 0.2) is 4.99 Å². The van der Waals surface area contributed by atoms with Crippen LogP contribution in [0.25, 0.3) is 0 Å². The molecule has 0 aromatic heterocycles. The molecule has 2 fully saturated rings. The molecule has 142 valence electrons. The Labute approximate surface area is 164 Å². The third-order valence-corrected chi connectivity index (χ3v) is 4.97. The molecule has 6 nitrogen and oxygen atoms in total. The Kier molecular flexibility index (Phi) is 11.2. The van der Waals surface area contributed by atoms with Crippen LogP contribution >= 0.6 is 24.0 Å². The first kappa shape index (κ1) is 21.9. The van der Waals surface area contributed by atoms with Crippen molar-refractivity contribution in [2.75, 3.05) is 60.0 Å². The van der Waals surface area contributed by atoms with E-state index >= 15 is 0 Å². The summed E-state index contributed by atoms with van der Waals surface area (Å²) in [4.78, 5) is 9.26. The second-order valence-corrected chi connectivity index (χ2v) is 6.73. The first-order valence-electron chi connectivity index (χ1n) is 9.21. The first-order valence-corrected chi connectivity index (χ1v) is 9.21. The average Bonchev–Trinajstić information content (AvgIpc) is 2.58. The monoisotopic (exact) mass is 453 g/mol. The second kappa shape index (κ2) is 12.3. The molecule has 7 heteroatoms. The molecule has 2 aliphatic rings. The molecule has 0 amide bonds. The number of rotatable bonds is 6. The minimum absolute atomic E-state index is 0. The summed E-state index contributed by atoms with van der Waals surface area (Å²) < 4.78 is 5.78. The number of morpholine rings is 1. The predicted molar refractivity (Wildman–Crippen MR) is 112 cm³/mol. The Bertz CT molecular complexity index is 369. The van der Waals surface area contributed by atoms with Crippen molar-refractivity contribution in [1.82, 2.24) is 20.4 Å². The number of ether oxygens (including phenoxy) is 1. The van der Waals surface area contributed by atoms with Crippen LogP contribution in [0.2, 0.25) is 0 Å². The molecular weight excluding hydrogens is 417 g/mol. The fraction of sp³-hybridized carbons (Fsp3) is 0.941. The van der Waals surface area contributed by atoms with Gasteiger partial charge in [0, 0.05) is 45.8 Å². The number of halogens is 1. The van der Waals surface area contributed by atoms with Crippen LogP contribution in [-0.4, -0.2) is 87.9 Å². The highest BCUT2D eigenvalue weighted by molar-refractivity contribution is 14.0. The number of hydrogen-bond donors (Lipinski definition) is 2. The Morgan fingerprint density at radius 2 is 2.08 bits per heavy atom. The van der Waals surface area contributed by atoms with Crippen LogP contribution < -0.4 is 10.6 Å². The number of hydrogen-bond acceptors (Lipinski definition) is 4. The van der Waals surface area contributed by atoms with Crippen molar-refractivity contribution in [2.24, 2.45) is 4.99 Å². The third kappa shape index (κ3) is 7.41. The van der Waals surface area contributed by atoms with Crippen LogP contribution in [0.1, 0.15) is 32.6 Å². The van der Waals surface area contributed by atoms with Gasteiger partial charge < -0.3 is 20.3 Å². The van der Waals surface area contributed by atoms with Crippen LogP contribution in [0, 0.1) is 0 Å². The van der Waals surface area contributed by atoms with E-state index in [4.69, 9.17) is 4.74 Å². The van der Waals surface area contributed by atoms with E-state index in [9.17, 15) is 0 Å². The van der Waals surface area contributed by atoms with E-state index in [0.29, 0.717) is 0 Å². The fourth-order valence-corrected chi connectivity index (χ4v) is 3.56. The van der Waals surface area contributed by atoms with Crippen LogP contribution in [0.5, 0.6) is 0 Å². The van der Waals surface area contributed by atoms with Crippen molar-refractivity contribution in [3.8, 4) is 0 Å². The largest absolute Gasteiger partial charge is 0.374 e. The zero-order chi connectivity index (χ0) is 16.5. The maximum Gasteiger partial charge on any atom is 0.191 e. The van der Waals surface area contributed by atoms with Gasteiger partial charge in [-0.3, -0.25) is 9.89 Å². The molecule has 24 heavy (non-hydrogen) atoms. The molecule has 0 aromatic carbocycles. The summed E-state index contributed by atoms with van der Waals surface area (Å²) in [5, 5.41) is 6.83. The van der Waals surface area contributed by atoms with E-state index in [0.717, 1.165) is 51.3 Å². The lowest BCUT2D eigenvalue weighted by Crippen LogP contribution is -2.50. The highest BCUT2D eigenvalue weighted by atomic mass is 127. The van der Waals surface area contributed by atoms with E-state index in [1.807, 2.05) is 7.05 Å². The van der Waals surface area contributed by atoms with Crippen molar-refractivity contribution >= 4 is 29.9 Å². The Hall–Kier alpha value is -0.120. The van der Waals surface area contributed by atoms with Gasteiger partial charge in [-0.15, -0.1) is 24.0 Å². The topological polar surface area (TPSA) is 52.1 Å². The Balaban J connectivity index is 0.00000288. The standard InChI is InChI=1S/C17H35N5O.HI/c1-4-15-7-5-6-9-22(15)10-8-19-17(18-2)20-13-16-14-21(3)11-12-23-16;/h15-16H,4-14H2,1-3H3,(H2,18,19,20);1H. The van der Waals surface area contributed by atoms with Crippen LogP contribution in [-0.2, 0) is 4.74 Å². The quantitative estimate of drug-likeness (QED) is 0.362. The average molecular weight is 453 g/mol. The molecule has 0 spiro atoms. The Morgan fingerprint density at radius 1 is 1.25 bits per heavy atom. The molecule has 0 aliphatic carbocycles. The maximum absolute atomic E-state index is 5.78. The minimum atomic E-state index is 0. The number of likely N-dealkylation sites (tertiary alicyclic amines) is 1. The number of likely N-dealkylation sites (N-methyl/N-ethyl adjacent to an activating group) is 1. The number of aliphatic imine (C=N–C) groups is 1. The summed E-state index contributed by atoms with van der Waals surface area (Å²) in [6.07, 6.45) is 5.60. The maximum atomic E-state index is 5.78. The normalized spacial score (nSPS) is 26.7. The molecule has 2 rings (SSSR count). The summed E-state index contributed by atoms with van der Waals surface area (Å²) in [5.74, 6) is 0.881. The third-order valence-electron chi connectivity index (χ3n) is 4.97. The highest BCUT2D eigenvalue weighted by Gasteiger charge is 2.20. The molecule has 0 aromatic rings. The molecule has 2 saturated heterocycles. The molecule has 0 bridgehead atoms. The zero-order valence-corrected chi connectivity index (χ0v) is 17.9. The molecule has 2 aliphatic heterocycles. The summed E-state index contributed by atoms with van der Waals surface area (Å²) in [5.41, 5.74) is 0. The number of piperidine rings is 1. The predicted octanol–water partition coefficient (Wildman–Crippen LogP) is 1.36. The van der Waals surface area contributed by atoms with E-state index in [2.05, 4.69) is 39.4 Å². The fourth-order valence-electron chi connectivity index (χ4n) is 3.56. The van der Waals surface area contributed by atoms with Gasteiger partial charge in [-0.2, -0.15) is 0 Å². The smallest absolute Gasteiger partial charge is 0.191 e. The van der Waals surface area contributed by atoms with E-state index in [1.165, 1.54) is 32.2 Å².